The molecule has 0 radical (unpaired) electrons. The molecule has 0 aliphatic carbocycles. The van der Waals surface area contributed by atoms with Crippen molar-refractivity contribution in [1.29, 1.82) is 0 Å². The zero-order valence-corrected chi connectivity index (χ0v) is 19.8. The summed E-state index contributed by atoms with van der Waals surface area (Å²) in [6.07, 6.45) is 1.74. The molecule has 3 rings (SSSR count). The normalized spacial score (nSPS) is 10.6. The third-order valence-corrected chi connectivity index (χ3v) is 5.12. The number of nitrogens with one attached hydrogen (secondary N) is 2. The molecule has 0 bridgehead atoms. The van der Waals surface area contributed by atoms with Gasteiger partial charge in [0.05, 0.1) is 11.8 Å². The van der Waals surface area contributed by atoms with Gasteiger partial charge in [-0.15, -0.1) is 0 Å². The van der Waals surface area contributed by atoms with E-state index >= 15 is 0 Å². The smallest absolute Gasteiger partial charge is 0.343 e. The Morgan fingerprint density at radius 3 is 2.33 bits per heavy atom. The minimum Gasteiger partial charge on any atom is -0.422 e. The molecule has 0 unspecified atom stereocenters. The molecule has 0 aliphatic rings. The molecule has 33 heavy (non-hydrogen) atoms. The number of ether oxygens (including phenoxy) is 1. The van der Waals surface area contributed by atoms with Crippen molar-refractivity contribution < 1.29 is 19.1 Å². The number of benzene rings is 3. The molecule has 2 amide bonds. The van der Waals surface area contributed by atoms with E-state index in [4.69, 9.17) is 16.3 Å². The summed E-state index contributed by atoms with van der Waals surface area (Å²) < 4.78 is 6.22. The van der Waals surface area contributed by atoms with Crippen LogP contribution in [0.4, 0.5) is 5.69 Å². The van der Waals surface area contributed by atoms with Gasteiger partial charge in [-0.1, -0.05) is 34.5 Å². The minimum absolute atomic E-state index is 0.113. The molecule has 3 aromatic carbocycles. The highest BCUT2D eigenvalue weighted by atomic mass is 79.9. The number of nitrogens with zero attached hydrogens (tertiary/aromatic N) is 1. The van der Waals surface area contributed by atoms with Crippen LogP contribution in [0, 0.1) is 0 Å². The van der Waals surface area contributed by atoms with Crippen LogP contribution in [0.15, 0.2) is 76.3 Å². The van der Waals surface area contributed by atoms with Crippen LogP contribution in [0.2, 0.25) is 5.02 Å². The summed E-state index contributed by atoms with van der Waals surface area (Å²) >= 11 is 9.22. The summed E-state index contributed by atoms with van der Waals surface area (Å²) in [7, 11) is 0. The van der Waals surface area contributed by atoms with Crippen molar-refractivity contribution >= 4 is 57.2 Å². The van der Waals surface area contributed by atoms with Crippen LogP contribution >= 0.6 is 27.5 Å². The summed E-state index contributed by atoms with van der Waals surface area (Å²) in [5, 5.41) is 7.20. The molecule has 0 aliphatic heterocycles. The Morgan fingerprint density at radius 1 is 1.00 bits per heavy atom. The molecular formula is C24H19BrClN3O4. The first-order valence-electron chi connectivity index (χ1n) is 9.86. The average Bonchev–Trinajstić information content (AvgIpc) is 2.81. The predicted octanol–water partition coefficient (Wildman–Crippen LogP) is 5.43. The number of hydrogen-bond donors (Lipinski definition) is 2. The van der Waals surface area contributed by atoms with Gasteiger partial charge in [-0.25, -0.2) is 10.2 Å². The van der Waals surface area contributed by atoms with E-state index < -0.39 is 11.9 Å². The van der Waals surface area contributed by atoms with Gasteiger partial charge in [-0.3, -0.25) is 9.59 Å². The van der Waals surface area contributed by atoms with Gasteiger partial charge in [0.25, 0.3) is 5.91 Å². The number of rotatable bonds is 7. The van der Waals surface area contributed by atoms with Gasteiger partial charge >= 0.3 is 5.97 Å². The third kappa shape index (κ3) is 7.00. The van der Waals surface area contributed by atoms with Gasteiger partial charge < -0.3 is 10.1 Å². The molecule has 0 spiro atoms. The first kappa shape index (κ1) is 24.2. The summed E-state index contributed by atoms with van der Waals surface area (Å²) in [4.78, 5) is 36.2. The van der Waals surface area contributed by atoms with E-state index in [1.54, 1.807) is 73.7 Å². The van der Waals surface area contributed by atoms with Crippen LogP contribution in [0.3, 0.4) is 0 Å². The van der Waals surface area contributed by atoms with Crippen LogP contribution in [-0.4, -0.2) is 24.0 Å². The highest BCUT2D eigenvalue weighted by Gasteiger charge is 2.12. The van der Waals surface area contributed by atoms with Gasteiger partial charge in [-0.05, 0) is 66.7 Å². The Bertz CT molecular complexity index is 1200. The summed E-state index contributed by atoms with van der Waals surface area (Å²) in [6.45, 7) is 1.75. The SMILES string of the molecule is CCC(=O)Nc1ccc(C(=O)N/N=C\c2cc(Br)ccc2OC(=O)c2ccc(Cl)cc2)cc1. The number of halogens is 2. The van der Waals surface area contributed by atoms with Crippen molar-refractivity contribution in [3.8, 4) is 5.75 Å². The molecule has 0 aromatic heterocycles. The van der Waals surface area contributed by atoms with E-state index in [0.717, 1.165) is 4.47 Å². The monoisotopic (exact) mass is 527 g/mol. The second-order valence-corrected chi connectivity index (χ2v) is 8.11. The van der Waals surface area contributed by atoms with Crippen molar-refractivity contribution in [2.75, 3.05) is 5.32 Å². The van der Waals surface area contributed by atoms with Crippen LogP contribution in [0.5, 0.6) is 5.75 Å². The lowest BCUT2D eigenvalue weighted by Gasteiger charge is -2.08. The van der Waals surface area contributed by atoms with Gasteiger partial charge in [-0.2, -0.15) is 5.10 Å². The second kappa shape index (κ2) is 11.4. The molecule has 7 nitrogen and oxygen atoms in total. The topological polar surface area (TPSA) is 96.9 Å². The molecule has 3 aromatic rings. The highest BCUT2D eigenvalue weighted by molar-refractivity contribution is 9.10. The molecule has 0 saturated heterocycles. The first-order valence-corrected chi connectivity index (χ1v) is 11.0. The van der Waals surface area contributed by atoms with Crippen LogP contribution < -0.4 is 15.5 Å². The summed E-state index contributed by atoms with van der Waals surface area (Å²) in [6, 6.07) is 17.8. The molecule has 9 heteroatoms. The lowest BCUT2D eigenvalue weighted by molar-refractivity contribution is -0.115. The van der Waals surface area contributed by atoms with Gasteiger partial charge in [0, 0.05) is 32.7 Å². The van der Waals surface area contributed by atoms with E-state index in [1.165, 1.54) is 6.21 Å². The number of esters is 1. The van der Waals surface area contributed by atoms with Crippen molar-refractivity contribution in [3.05, 3.63) is 92.9 Å². The summed E-state index contributed by atoms with van der Waals surface area (Å²) in [5.41, 5.74) is 4.22. The average molecular weight is 529 g/mol. The fourth-order valence-corrected chi connectivity index (χ4v) is 3.14. The van der Waals surface area contributed by atoms with E-state index in [-0.39, 0.29) is 11.7 Å². The van der Waals surface area contributed by atoms with Crippen molar-refractivity contribution in [2.24, 2.45) is 5.10 Å². The lowest BCUT2D eigenvalue weighted by atomic mass is 10.2. The summed E-state index contributed by atoms with van der Waals surface area (Å²) in [5.74, 6) is -0.831. The maximum Gasteiger partial charge on any atom is 0.343 e. The standard InChI is InChI=1S/C24H19BrClN3O4/c1-2-22(30)28-20-10-5-15(6-11-20)23(31)29-27-14-17-13-18(25)7-12-21(17)33-24(32)16-3-8-19(26)9-4-16/h3-14H,2H2,1H3,(H,28,30)(H,29,31)/b27-14-. The zero-order valence-electron chi connectivity index (χ0n) is 17.5. The predicted molar refractivity (Wildman–Crippen MR) is 131 cm³/mol. The number of anilines is 1. The second-order valence-electron chi connectivity index (χ2n) is 6.76. The minimum atomic E-state index is -0.553. The number of amides is 2. The molecule has 0 heterocycles. The largest absolute Gasteiger partial charge is 0.422 e. The van der Waals surface area contributed by atoms with E-state index in [2.05, 4.69) is 31.8 Å². The molecule has 0 atom stereocenters. The Morgan fingerprint density at radius 2 is 1.67 bits per heavy atom. The van der Waals surface area contributed by atoms with Crippen molar-refractivity contribution in [1.82, 2.24) is 5.43 Å². The van der Waals surface area contributed by atoms with Crippen molar-refractivity contribution in [2.45, 2.75) is 13.3 Å². The molecule has 0 fully saturated rings. The first-order chi connectivity index (χ1) is 15.9. The van der Waals surface area contributed by atoms with Gasteiger partial charge in [0.15, 0.2) is 0 Å². The Balaban J connectivity index is 1.67. The maximum atomic E-state index is 12.4. The zero-order chi connectivity index (χ0) is 23.8. The number of hydrogen-bond acceptors (Lipinski definition) is 5. The fourth-order valence-electron chi connectivity index (χ4n) is 2.64. The molecule has 0 saturated carbocycles. The number of carbonyl (C=O) groups excluding carboxylic acids is 3. The van der Waals surface area contributed by atoms with E-state index in [9.17, 15) is 14.4 Å². The van der Waals surface area contributed by atoms with E-state index in [1.807, 2.05) is 0 Å². The van der Waals surface area contributed by atoms with E-state index in [0.29, 0.717) is 33.8 Å². The fraction of sp³-hybridized carbons (Fsp3) is 0.0833. The van der Waals surface area contributed by atoms with Crippen LogP contribution in [0.1, 0.15) is 39.6 Å². The maximum absolute atomic E-state index is 12.4. The van der Waals surface area contributed by atoms with Crippen LogP contribution in [-0.2, 0) is 4.79 Å². The molecule has 2 N–H and O–H groups in total. The van der Waals surface area contributed by atoms with Gasteiger partial charge in [0.1, 0.15) is 5.75 Å². The third-order valence-electron chi connectivity index (χ3n) is 4.38. The lowest BCUT2D eigenvalue weighted by Crippen LogP contribution is -2.18. The number of carbonyl (C=O) groups is 3. The number of hydrazone groups is 1. The Hall–Kier alpha value is -3.49. The Labute approximate surface area is 203 Å². The molecular weight excluding hydrogens is 510 g/mol. The van der Waals surface area contributed by atoms with Crippen LogP contribution in [0.25, 0.3) is 0 Å². The Kier molecular flexibility index (Phi) is 8.34. The van der Waals surface area contributed by atoms with Gasteiger partial charge in [0.2, 0.25) is 5.91 Å². The quantitative estimate of drug-likeness (QED) is 0.185. The highest BCUT2D eigenvalue weighted by Crippen LogP contribution is 2.23. The van der Waals surface area contributed by atoms with Crippen molar-refractivity contribution in [3.63, 3.8) is 0 Å². The molecule has 168 valence electrons.